The van der Waals surface area contributed by atoms with Gasteiger partial charge in [0, 0.05) is 38.8 Å². The van der Waals surface area contributed by atoms with Gasteiger partial charge in [0.25, 0.3) is 17.5 Å². The summed E-state index contributed by atoms with van der Waals surface area (Å²) in [6.07, 6.45) is -0.749. The molecule has 0 aliphatic carbocycles. The largest absolute Gasteiger partial charge is 0.505 e. The van der Waals surface area contributed by atoms with Crippen molar-refractivity contribution in [3.63, 3.8) is 0 Å². The summed E-state index contributed by atoms with van der Waals surface area (Å²) in [6.45, 7) is 2.40. The van der Waals surface area contributed by atoms with Crippen LogP contribution in [0.5, 0.6) is 17.2 Å². The maximum atomic E-state index is 15.2. The average Bonchev–Trinajstić information content (AvgIpc) is 3.33. The highest BCUT2D eigenvalue weighted by molar-refractivity contribution is 6.05. The minimum absolute atomic E-state index is 0.151. The van der Waals surface area contributed by atoms with Crippen LogP contribution in [0.4, 0.5) is 4.39 Å². The van der Waals surface area contributed by atoms with Gasteiger partial charge >= 0.3 is 0 Å². The Balaban J connectivity index is 2.04. The van der Waals surface area contributed by atoms with E-state index in [0.717, 1.165) is 7.05 Å². The Kier molecular flexibility index (Phi) is 10.2. The summed E-state index contributed by atoms with van der Waals surface area (Å²) in [5, 5.41) is 107. The van der Waals surface area contributed by atoms with E-state index in [4.69, 9.17) is 4.74 Å². The zero-order valence-corrected chi connectivity index (χ0v) is 23.7. The van der Waals surface area contributed by atoms with Crippen LogP contribution < -0.4 is 10.6 Å². The van der Waals surface area contributed by atoms with Gasteiger partial charge in [-0.3, -0.25) is 19.3 Å². The zero-order chi connectivity index (χ0) is 34.0. The highest BCUT2D eigenvalue weighted by Gasteiger charge is 2.60. The molecule has 0 spiro atoms. The van der Waals surface area contributed by atoms with E-state index in [1.807, 2.05) is 5.32 Å². The number of hydrogen-bond acceptors (Lipinski definition) is 16. The van der Waals surface area contributed by atoms with Gasteiger partial charge in [-0.25, -0.2) is 4.39 Å². The summed E-state index contributed by atoms with van der Waals surface area (Å²) in [6, 6.07) is -2.72. The third-order valence-electron chi connectivity index (χ3n) is 7.27. The maximum absolute atomic E-state index is 15.2. The van der Waals surface area contributed by atoms with Gasteiger partial charge in [-0.1, -0.05) is 6.58 Å². The fourth-order valence-electron chi connectivity index (χ4n) is 4.70. The number of nitrogens with zero attached hydrogens (tertiary/aromatic N) is 2. The van der Waals surface area contributed by atoms with Crippen molar-refractivity contribution in [2.45, 2.75) is 30.7 Å². The third-order valence-corrected chi connectivity index (χ3v) is 7.27. The first-order valence-corrected chi connectivity index (χ1v) is 13.0. The number of aromatic hydroxyl groups is 3. The molecular formula is C26H33FN4O14. The smallest absolute Gasteiger partial charge is 0.279 e. The Morgan fingerprint density at radius 1 is 1.07 bits per heavy atom. The predicted molar refractivity (Wildman–Crippen MR) is 145 cm³/mol. The molecule has 0 aromatic heterocycles. The number of hydrogen-bond donors (Lipinski definition) is 12. The molecule has 18 nitrogen and oxygen atoms in total. The molecule has 12 N–H and O–H groups in total. The molecule has 45 heavy (non-hydrogen) atoms. The van der Waals surface area contributed by atoms with Crippen molar-refractivity contribution in [1.82, 2.24) is 20.4 Å². The van der Waals surface area contributed by atoms with Crippen molar-refractivity contribution in [3.8, 4) is 17.2 Å². The number of phenols is 3. The molecule has 0 bridgehead atoms. The minimum atomic E-state index is -4.10. The SMILES string of the molecule is C=C(O)/C(O)=C1/C(=O)N(C(C(=O)NC)C(O)(O)C(O)(O)C=O)C/C1=C(/O)NCc1c(O)c(O)c(CN2CCOCC2)c(O)c1F. The number of ether oxygens (including phenoxy) is 1. The van der Waals surface area contributed by atoms with Gasteiger partial charge in [-0.15, -0.1) is 0 Å². The molecule has 1 unspecified atom stereocenters. The van der Waals surface area contributed by atoms with Crippen LogP contribution in [0.25, 0.3) is 0 Å². The van der Waals surface area contributed by atoms with Gasteiger partial charge in [0.05, 0.1) is 36.5 Å². The Morgan fingerprint density at radius 3 is 2.18 bits per heavy atom. The molecule has 1 atom stereocenters. The number of halogens is 1. The number of carbonyl (C=O) groups excluding carboxylic acids is 3. The number of likely N-dealkylation sites (tertiary alicyclic amines) is 1. The van der Waals surface area contributed by atoms with Crippen LogP contribution in [0.1, 0.15) is 11.1 Å². The molecule has 0 radical (unpaired) electrons. The number of aliphatic hydroxyl groups excluding tert-OH is 3. The molecule has 2 heterocycles. The highest BCUT2D eigenvalue weighted by atomic mass is 19.1. The quantitative estimate of drug-likeness (QED) is 0.0286. The number of rotatable bonds is 11. The molecule has 2 aliphatic heterocycles. The van der Waals surface area contributed by atoms with Crippen LogP contribution in [0, 0.1) is 5.82 Å². The van der Waals surface area contributed by atoms with Crippen LogP contribution >= 0.6 is 0 Å². The number of benzene rings is 1. The average molecular weight is 645 g/mol. The first-order valence-electron chi connectivity index (χ1n) is 13.0. The standard InChI is InChI=1S/C26H33FN4O14/c1-11(33)17(34)15-13(9-31(24(15)40)21(23(39)28-2)26(43,44)25(41,42)10-32)22(38)29-7-12-16(27)18(35)14(20(37)19(12)36)8-30-3-5-45-6-4-30/h10,21,29,33-38,41-44H,1,3-9H2,2H3,(H,28,39)/b17-15-,22-13-. The molecule has 248 valence electrons. The van der Waals surface area contributed by atoms with Crippen molar-refractivity contribution >= 4 is 18.1 Å². The number of morpholine rings is 1. The second-order valence-corrected chi connectivity index (χ2v) is 10.1. The molecule has 2 fully saturated rings. The lowest BCUT2D eigenvalue weighted by Crippen LogP contribution is -2.70. The number of phenolic OH excluding ortho intramolecular Hbond substituents is 3. The highest BCUT2D eigenvalue weighted by Crippen LogP contribution is 2.42. The summed E-state index contributed by atoms with van der Waals surface area (Å²) in [7, 11) is 0.945. The lowest BCUT2D eigenvalue weighted by molar-refractivity contribution is -0.345. The Morgan fingerprint density at radius 2 is 1.64 bits per heavy atom. The van der Waals surface area contributed by atoms with E-state index in [-0.39, 0.29) is 17.0 Å². The summed E-state index contributed by atoms with van der Waals surface area (Å²) in [5.41, 5.74) is -2.83. The topological polar surface area (TPSA) is 293 Å². The molecule has 2 aliphatic rings. The third kappa shape index (κ3) is 6.43. The van der Waals surface area contributed by atoms with Gasteiger partial charge in [-0.05, 0) is 0 Å². The molecule has 0 saturated carbocycles. The van der Waals surface area contributed by atoms with E-state index >= 15 is 4.39 Å². The Labute approximate surface area is 253 Å². The molecular weight excluding hydrogens is 611 g/mol. The van der Waals surface area contributed by atoms with Gasteiger partial charge in [0.2, 0.25) is 5.91 Å². The fraction of sp³-hybridized carbons (Fsp3) is 0.423. The summed E-state index contributed by atoms with van der Waals surface area (Å²) in [4.78, 5) is 39.0. The van der Waals surface area contributed by atoms with Crippen molar-refractivity contribution < 1.29 is 74.6 Å². The molecule has 1 aromatic rings. The maximum Gasteiger partial charge on any atom is 0.279 e. The fourth-order valence-corrected chi connectivity index (χ4v) is 4.70. The summed E-state index contributed by atoms with van der Waals surface area (Å²) in [5.74, 6) is -19.0. The zero-order valence-electron chi connectivity index (χ0n) is 23.7. The molecule has 19 heteroatoms. The van der Waals surface area contributed by atoms with Crippen LogP contribution in [0.2, 0.25) is 0 Å². The molecule has 3 rings (SSSR count). The lowest BCUT2D eigenvalue weighted by atomic mass is 9.96. The van der Waals surface area contributed by atoms with E-state index in [9.17, 15) is 65.4 Å². The first kappa shape index (κ1) is 34.8. The van der Waals surface area contributed by atoms with Crippen molar-refractivity contribution in [2.24, 2.45) is 0 Å². The minimum Gasteiger partial charge on any atom is -0.505 e. The number of carbonyl (C=O) groups is 3. The predicted octanol–water partition coefficient (Wildman–Crippen LogP) is -2.96. The van der Waals surface area contributed by atoms with Crippen LogP contribution in [-0.2, 0) is 32.2 Å². The lowest BCUT2D eigenvalue weighted by Gasteiger charge is -2.40. The Hall–Kier alpha value is -4.66. The summed E-state index contributed by atoms with van der Waals surface area (Å²) >= 11 is 0. The van der Waals surface area contributed by atoms with E-state index in [1.165, 1.54) is 0 Å². The first-order chi connectivity index (χ1) is 20.9. The number of nitrogens with one attached hydrogen (secondary N) is 2. The van der Waals surface area contributed by atoms with Crippen molar-refractivity contribution in [3.05, 3.63) is 52.1 Å². The van der Waals surface area contributed by atoms with E-state index < -0.39 is 106 Å². The molecule has 2 amide bonds. The molecule has 2 saturated heterocycles. The van der Waals surface area contributed by atoms with Gasteiger partial charge in [-0.2, -0.15) is 0 Å². The number of amides is 2. The van der Waals surface area contributed by atoms with E-state index in [2.05, 4.69) is 11.9 Å². The number of aldehydes is 1. The van der Waals surface area contributed by atoms with Crippen molar-refractivity contribution in [1.29, 1.82) is 0 Å². The Bertz CT molecular complexity index is 1420. The van der Waals surface area contributed by atoms with Crippen molar-refractivity contribution in [2.75, 3.05) is 39.9 Å². The van der Waals surface area contributed by atoms with Gasteiger partial charge in [0.15, 0.2) is 52.8 Å². The van der Waals surface area contributed by atoms with Crippen LogP contribution in [-0.4, -0.2) is 136 Å². The van der Waals surface area contributed by atoms with Gasteiger partial charge in [0.1, 0.15) is 0 Å². The van der Waals surface area contributed by atoms with Crippen LogP contribution in [0.3, 0.4) is 0 Å². The number of aliphatic hydroxyl groups is 7. The van der Waals surface area contributed by atoms with Gasteiger partial charge < -0.3 is 71.3 Å². The summed E-state index contributed by atoms with van der Waals surface area (Å²) < 4.78 is 20.4. The monoisotopic (exact) mass is 644 g/mol. The van der Waals surface area contributed by atoms with E-state index in [0.29, 0.717) is 26.3 Å². The van der Waals surface area contributed by atoms with Crippen LogP contribution in [0.15, 0.2) is 35.1 Å². The molecule has 1 aromatic carbocycles. The second-order valence-electron chi connectivity index (χ2n) is 10.1. The normalized spacial score (nSPS) is 19.2. The van der Waals surface area contributed by atoms with E-state index in [1.54, 1.807) is 4.90 Å². The second kappa shape index (κ2) is 13.1. The number of likely N-dealkylation sites (N-methyl/N-ethyl adjacent to an activating group) is 1.